The van der Waals surface area contributed by atoms with Crippen molar-refractivity contribution in [1.29, 1.82) is 0 Å². The fourth-order valence-corrected chi connectivity index (χ4v) is 2.24. The molecule has 1 N–H and O–H groups in total. The Bertz CT molecular complexity index is 254. The lowest BCUT2D eigenvalue weighted by Crippen LogP contribution is -2.43. The Morgan fingerprint density at radius 2 is 2.24 bits per heavy atom. The smallest absolute Gasteiger partial charge is 0.237 e. The van der Waals surface area contributed by atoms with Crippen molar-refractivity contribution in [1.82, 2.24) is 10.2 Å². The molecule has 1 atom stereocenters. The highest BCUT2D eigenvalue weighted by atomic mass is 16.5. The highest BCUT2D eigenvalue weighted by Crippen LogP contribution is 2.24. The maximum atomic E-state index is 11.8. The van der Waals surface area contributed by atoms with Gasteiger partial charge in [0.2, 0.25) is 5.91 Å². The zero-order chi connectivity index (χ0) is 12.9. The van der Waals surface area contributed by atoms with Crippen LogP contribution in [0.2, 0.25) is 0 Å². The Kier molecular flexibility index (Phi) is 5.40. The van der Waals surface area contributed by atoms with E-state index >= 15 is 0 Å². The molecule has 100 valence electrons. The molecule has 1 heterocycles. The Balaban J connectivity index is 2.54. The summed E-state index contributed by atoms with van der Waals surface area (Å²) in [6.45, 7) is 8.60. The minimum Gasteiger partial charge on any atom is -0.385 e. The van der Waals surface area contributed by atoms with E-state index in [-0.39, 0.29) is 17.5 Å². The minimum absolute atomic E-state index is 0.115. The van der Waals surface area contributed by atoms with Crippen molar-refractivity contribution in [3.8, 4) is 0 Å². The first-order valence-electron chi connectivity index (χ1n) is 6.52. The van der Waals surface area contributed by atoms with Crippen LogP contribution in [0.3, 0.4) is 0 Å². The second-order valence-corrected chi connectivity index (χ2v) is 5.61. The van der Waals surface area contributed by atoms with E-state index in [0.717, 1.165) is 32.4 Å². The van der Waals surface area contributed by atoms with E-state index in [1.165, 1.54) is 0 Å². The lowest BCUT2D eigenvalue weighted by Gasteiger charge is -2.33. The number of methoxy groups -OCH3 is 1. The summed E-state index contributed by atoms with van der Waals surface area (Å²) >= 11 is 0. The lowest BCUT2D eigenvalue weighted by molar-refractivity contribution is -0.129. The fraction of sp³-hybridized carbons (Fsp3) is 0.923. The van der Waals surface area contributed by atoms with Gasteiger partial charge in [0.1, 0.15) is 0 Å². The number of hydrogen-bond donors (Lipinski definition) is 1. The Morgan fingerprint density at radius 3 is 2.82 bits per heavy atom. The number of amides is 1. The second kappa shape index (κ2) is 6.36. The first kappa shape index (κ1) is 14.5. The second-order valence-electron chi connectivity index (χ2n) is 5.61. The average molecular weight is 242 g/mol. The van der Waals surface area contributed by atoms with Crippen molar-refractivity contribution in [3.63, 3.8) is 0 Å². The van der Waals surface area contributed by atoms with Gasteiger partial charge in [-0.05, 0) is 18.3 Å². The van der Waals surface area contributed by atoms with Gasteiger partial charge in [-0.15, -0.1) is 0 Å². The van der Waals surface area contributed by atoms with Crippen molar-refractivity contribution in [2.75, 3.05) is 26.8 Å². The zero-order valence-corrected chi connectivity index (χ0v) is 11.6. The largest absolute Gasteiger partial charge is 0.385 e. The summed E-state index contributed by atoms with van der Waals surface area (Å²) in [6.07, 6.45) is 3.34. The van der Waals surface area contributed by atoms with E-state index in [1.807, 2.05) is 4.90 Å². The molecule has 4 nitrogen and oxygen atoms in total. The van der Waals surface area contributed by atoms with Gasteiger partial charge in [-0.25, -0.2) is 0 Å². The van der Waals surface area contributed by atoms with Crippen LogP contribution in [-0.2, 0) is 9.53 Å². The topological polar surface area (TPSA) is 41.6 Å². The van der Waals surface area contributed by atoms with Gasteiger partial charge in [0.05, 0.1) is 12.7 Å². The van der Waals surface area contributed by atoms with E-state index in [4.69, 9.17) is 4.74 Å². The van der Waals surface area contributed by atoms with Crippen LogP contribution in [-0.4, -0.2) is 43.8 Å². The van der Waals surface area contributed by atoms with Crippen molar-refractivity contribution in [3.05, 3.63) is 0 Å². The minimum atomic E-state index is 0.115. The van der Waals surface area contributed by atoms with Crippen LogP contribution >= 0.6 is 0 Å². The van der Waals surface area contributed by atoms with Gasteiger partial charge in [-0.1, -0.05) is 27.2 Å². The molecule has 1 amide bonds. The van der Waals surface area contributed by atoms with Gasteiger partial charge >= 0.3 is 0 Å². The quantitative estimate of drug-likeness (QED) is 0.737. The Hall–Kier alpha value is -0.610. The van der Waals surface area contributed by atoms with Gasteiger partial charge in [-0.3, -0.25) is 10.1 Å². The Morgan fingerprint density at radius 1 is 1.53 bits per heavy atom. The van der Waals surface area contributed by atoms with Crippen molar-refractivity contribution >= 4 is 5.91 Å². The van der Waals surface area contributed by atoms with E-state index in [1.54, 1.807) is 7.11 Å². The average Bonchev–Trinajstić information content (AvgIpc) is 2.59. The van der Waals surface area contributed by atoms with Crippen molar-refractivity contribution in [2.24, 2.45) is 5.41 Å². The van der Waals surface area contributed by atoms with Crippen LogP contribution in [0.5, 0.6) is 0 Å². The molecule has 0 aromatic rings. The van der Waals surface area contributed by atoms with Crippen molar-refractivity contribution < 1.29 is 9.53 Å². The van der Waals surface area contributed by atoms with E-state index < -0.39 is 0 Å². The molecule has 0 aliphatic carbocycles. The first-order chi connectivity index (χ1) is 8.00. The standard InChI is InChI=1S/C13H26N2O2/c1-5-6-11-14-9-12(16)15(11)10-13(2,3)7-8-17-4/h11,14H,5-10H2,1-4H3. The monoisotopic (exact) mass is 242 g/mol. The molecule has 0 aromatic carbocycles. The highest BCUT2D eigenvalue weighted by molar-refractivity contribution is 5.80. The lowest BCUT2D eigenvalue weighted by atomic mass is 9.89. The summed E-state index contributed by atoms with van der Waals surface area (Å²) in [4.78, 5) is 13.8. The highest BCUT2D eigenvalue weighted by Gasteiger charge is 2.33. The molecule has 0 saturated carbocycles. The van der Waals surface area contributed by atoms with Crippen LogP contribution in [0.25, 0.3) is 0 Å². The number of nitrogens with one attached hydrogen (secondary N) is 1. The molecule has 0 radical (unpaired) electrons. The number of ether oxygens (including phenoxy) is 1. The number of carbonyl (C=O) groups is 1. The number of carbonyl (C=O) groups excluding carboxylic acids is 1. The predicted molar refractivity (Wildman–Crippen MR) is 68.7 cm³/mol. The number of rotatable bonds is 7. The summed E-state index contributed by atoms with van der Waals surface area (Å²) < 4.78 is 5.12. The summed E-state index contributed by atoms with van der Waals surface area (Å²) in [6, 6.07) is 0. The molecule has 0 aromatic heterocycles. The third kappa shape index (κ3) is 4.28. The van der Waals surface area contributed by atoms with E-state index in [9.17, 15) is 4.79 Å². The van der Waals surface area contributed by atoms with Gasteiger partial charge in [-0.2, -0.15) is 0 Å². The summed E-state index contributed by atoms with van der Waals surface area (Å²) in [5.41, 5.74) is 0.115. The molecule has 1 unspecified atom stereocenters. The fourth-order valence-electron chi connectivity index (χ4n) is 2.24. The SMILES string of the molecule is CCCC1NCC(=O)N1CC(C)(C)CCOC. The van der Waals surface area contributed by atoms with Crippen LogP contribution < -0.4 is 5.32 Å². The van der Waals surface area contributed by atoms with Crippen LogP contribution in [0.1, 0.15) is 40.0 Å². The molecule has 1 fully saturated rings. The molecule has 17 heavy (non-hydrogen) atoms. The van der Waals surface area contributed by atoms with Crippen LogP contribution in [0, 0.1) is 5.41 Å². The number of nitrogens with zero attached hydrogens (tertiary/aromatic N) is 1. The normalized spacial score (nSPS) is 21.3. The maximum absolute atomic E-state index is 11.8. The molecule has 0 bridgehead atoms. The summed E-state index contributed by atoms with van der Waals surface area (Å²) in [7, 11) is 1.72. The summed E-state index contributed by atoms with van der Waals surface area (Å²) in [5.74, 6) is 0.231. The van der Waals surface area contributed by atoms with Gasteiger partial charge < -0.3 is 9.64 Å². The first-order valence-corrected chi connectivity index (χ1v) is 6.52. The third-order valence-electron chi connectivity index (χ3n) is 3.33. The Labute approximate surface area is 105 Å². The van der Waals surface area contributed by atoms with Gasteiger partial charge in [0, 0.05) is 20.3 Å². The summed E-state index contributed by atoms with van der Waals surface area (Å²) in [5, 5.41) is 3.28. The van der Waals surface area contributed by atoms with E-state index in [2.05, 4.69) is 26.1 Å². The molecule has 1 aliphatic rings. The van der Waals surface area contributed by atoms with E-state index in [0.29, 0.717) is 6.54 Å². The number of hydrogen-bond acceptors (Lipinski definition) is 3. The molecule has 4 heteroatoms. The van der Waals surface area contributed by atoms with Crippen molar-refractivity contribution in [2.45, 2.75) is 46.2 Å². The molecule has 1 aliphatic heterocycles. The zero-order valence-electron chi connectivity index (χ0n) is 11.6. The maximum Gasteiger partial charge on any atom is 0.237 e. The van der Waals surface area contributed by atoms with Crippen LogP contribution in [0.4, 0.5) is 0 Å². The van der Waals surface area contributed by atoms with Gasteiger partial charge in [0.15, 0.2) is 0 Å². The molecule has 0 spiro atoms. The third-order valence-corrected chi connectivity index (χ3v) is 3.33. The molecule has 1 rings (SSSR count). The van der Waals surface area contributed by atoms with Gasteiger partial charge in [0.25, 0.3) is 0 Å². The molecular formula is C13H26N2O2. The molecule has 1 saturated heterocycles. The predicted octanol–water partition coefficient (Wildman–Crippen LogP) is 1.61. The van der Waals surface area contributed by atoms with Crippen LogP contribution in [0.15, 0.2) is 0 Å². The molecular weight excluding hydrogens is 216 g/mol.